The molecular weight excluding hydrogens is 1230 g/mol. The standard InChI is InChI=1S/C75H146O17P2/c1-65(2)51-43-35-27-20-16-12-9-10-14-19-23-32-41-49-57-74(79)91-71(62-86-73(78)56-48-40-34-26-30-38-46-54-68(7)8)64-90-94(83,84)88-60-69(76)59-87-93(81,82)89-63-70(92-75(80)58-50-42-33-25-24-29-37-45-53-67(5)6)61-85-72(77)55-47-39-31-22-18-15-11-13-17-21-28-36-44-52-66(3)4/h65-71,76H,9-64H2,1-8H3,(H,81,82)(H,83,84)/t69?,70-,71-/m1/s1. The van der Waals surface area contributed by atoms with Gasteiger partial charge >= 0.3 is 39.5 Å². The van der Waals surface area contributed by atoms with E-state index in [4.69, 9.17) is 37.0 Å². The molecule has 0 bridgehead atoms. The van der Waals surface area contributed by atoms with Crippen LogP contribution in [0.1, 0.15) is 376 Å². The van der Waals surface area contributed by atoms with Crippen LogP contribution in [-0.2, 0) is 65.4 Å². The molecule has 94 heavy (non-hydrogen) atoms. The molecule has 3 unspecified atom stereocenters. The zero-order valence-electron chi connectivity index (χ0n) is 61.6. The van der Waals surface area contributed by atoms with E-state index >= 15 is 0 Å². The first kappa shape index (κ1) is 92.1. The van der Waals surface area contributed by atoms with Crippen LogP contribution in [0.2, 0.25) is 0 Å². The van der Waals surface area contributed by atoms with Gasteiger partial charge in [0.25, 0.3) is 0 Å². The quantitative estimate of drug-likeness (QED) is 0.0222. The van der Waals surface area contributed by atoms with E-state index in [9.17, 15) is 43.2 Å². The Morgan fingerprint density at radius 2 is 0.447 bits per heavy atom. The number of hydrogen-bond acceptors (Lipinski definition) is 15. The van der Waals surface area contributed by atoms with Gasteiger partial charge in [0.1, 0.15) is 19.3 Å². The SMILES string of the molecule is CC(C)CCCCCCCCCCCCCCCCC(=O)O[C@H](COC(=O)CCCCCCCCCC(C)C)COP(=O)(O)OCC(O)COP(=O)(O)OC[C@@H](COC(=O)CCCCCCCCCCCCCCCC(C)C)OC(=O)CCCCCCCCCCC(C)C. The van der Waals surface area contributed by atoms with Gasteiger partial charge in [0.15, 0.2) is 12.2 Å². The average Bonchev–Trinajstić information content (AvgIpc) is 1.77. The van der Waals surface area contributed by atoms with Crippen molar-refractivity contribution in [2.24, 2.45) is 23.7 Å². The summed E-state index contributed by atoms with van der Waals surface area (Å²) in [4.78, 5) is 72.7. The highest BCUT2D eigenvalue weighted by Crippen LogP contribution is 2.45. The summed E-state index contributed by atoms with van der Waals surface area (Å²) < 4.78 is 68.5. The molecule has 0 radical (unpaired) electrons. The summed E-state index contributed by atoms with van der Waals surface area (Å²) in [6.07, 6.45) is 48.7. The predicted molar refractivity (Wildman–Crippen MR) is 381 cm³/mol. The molecule has 0 aromatic heterocycles. The zero-order chi connectivity index (χ0) is 69.6. The normalized spacial score (nSPS) is 14.2. The van der Waals surface area contributed by atoms with Gasteiger partial charge in [-0.25, -0.2) is 9.13 Å². The first-order valence-electron chi connectivity index (χ1n) is 38.7. The minimum absolute atomic E-state index is 0.104. The Hall–Kier alpha value is -1.94. The van der Waals surface area contributed by atoms with Gasteiger partial charge in [-0.2, -0.15) is 0 Å². The molecule has 0 aromatic rings. The fourth-order valence-electron chi connectivity index (χ4n) is 11.4. The van der Waals surface area contributed by atoms with Gasteiger partial charge in [-0.3, -0.25) is 37.3 Å². The van der Waals surface area contributed by atoms with Gasteiger partial charge in [-0.05, 0) is 49.4 Å². The number of phosphoric ester groups is 2. The van der Waals surface area contributed by atoms with Gasteiger partial charge in [0.2, 0.25) is 0 Å². The van der Waals surface area contributed by atoms with Crippen molar-refractivity contribution in [1.29, 1.82) is 0 Å². The maximum atomic E-state index is 13.0. The molecule has 0 aromatic carbocycles. The topological polar surface area (TPSA) is 237 Å². The van der Waals surface area contributed by atoms with Gasteiger partial charge in [-0.1, -0.05) is 325 Å². The molecule has 0 amide bonds. The third kappa shape index (κ3) is 68.6. The van der Waals surface area contributed by atoms with E-state index in [0.29, 0.717) is 31.6 Å². The van der Waals surface area contributed by atoms with Crippen LogP contribution in [0.5, 0.6) is 0 Å². The number of carbonyl (C=O) groups is 4. The lowest BCUT2D eigenvalue weighted by atomic mass is 10.0. The highest BCUT2D eigenvalue weighted by atomic mass is 31.2. The van der Waals surface area contributed by atoms with Crippen LogP contribution in [0.25, 0.3) is 0 Å². The van der Waals surface area contributed by atoms with Gasteiger partial charge in [-0.15, -0.1) is 0 Å². The van der Waals surface area contributed by atoms with Crippen molar-refractivity contribution in [1.82, 2.24) is 0 Å². The number of phosphoric acid groups is 2. The van der Waals surface area contributed by atoms with Crippen LogP contribution in [0, 0.1) is 23.7 Å². The van der Waals surface area contributed by atoms with E-state index in [1.54, 1.807) is 0 Å². The van der Waals surface area contributed by atoms with Gasteiger partial charge in [0, 0.05) is 25.7 Å². The van der Waals surface area contributed by atoms with Crippen molar-refractivity contribution in [3.63, 3.8) is 0 Å². The maximum Gasteiger partial charge on any atom is 0.472 e. The third-order valence-electron chi connectivity index (χ3n) is 17.3. The molecule has 0 spiro atoms. The second kappa shape index (κ2) is 64.4. The Morgan fingerprint density at radius 1 is 0.266 bits per heavy atom. The summed E-state index contributed by atoms with van der Waals surface area (Å²) in [7, 11) is -9.91. The number of aliphatic hydroxyl groups is 1. The van der Waals surface area contributed by atoms with Crippen molar-refractivity contribution in [3.8, 4) is 0 Å². The first-order valence-corrected chi connectivity index (χ1v) is 41.7. The highest BCUT2D eigenvalue weighted by molar-refractivity contribution is 7.47. The maximum absolute atomic E-state index is 13.0. The number of aliphatic hydroxyl groups excluding tert-OH is 1. The van der Waals surface area contributed by atoms with Crippen molar-refractivity contribution in [2.45, 2.75) is 395 Å². The zero-order valence-corrected chi connectivity index (χ0v) is 63.4. The molecule has 0 fully saturated rings. The molecule has 3 N–H and O–H groups in total. The van der Waals surface area contributed by atoms with E-state index in [1.165, 1.54) is 173 Å². The van der Waals surface area contributed by atoms with Crippen molar-refractivity contribution < 1.29 is 80.2 Å². The fraction of sp³-hybridized carbons (Fsp3) is 0.947. The average molecular weight is 1380 g/mol. The predicted octanol–water partition coefficient (Wildman–Crippen LogP) is 21.7. The van der Waals surface area contributed by atoms with Crippen LogP contribution in [0.15, 0.2) is 0 Å². The molecule has 0 aliphatic carbocycles. The summed E-state index contributed by atoms with van der Waals surface area (Å²) in [6, 6.07) is 0. The molecular formula is C75H146O17P2. The van der Waals surface area contributed by atoms with Crippen LogP contribution >= 0.6 is 15.6 Å². The van der Waals surface area contributed by atoms with E-state index in [0.717, 1.165) is 114 Å². The van der Waals surface area contributed by atoms with E-state index in [1.807, 2.05) is 0 Å². The van der Waals surface area contributed by atoms with Crippen LogP contribution < -0.4 is 0 Å². The molecule has 0 aliphatic rings. The second-order valence-electron chi connectivity index (χ2n) is 28.9. The molecule has 0 saturated carbocycles. The van der Waals surface area contributed by atoms with Gasteiger partial charge in [0.05, 0.1) is 26.4 Å². The van der Waals surface area contributed by atoms with E-state index < -0.39 is 97.5 Å². The van der Waals surface area contributed by atoms with E-state index in [-0.39, 0.29) is 25.7 Å². The summed E-state index contributed by atoms with van der Waals surface area (Å²) in [5.41, 5.74) is 0. The summed E-state index contributed by atoms with van der Waals surface area (Å²) in [5.74, 6) is 0.885. The first-order chi connectivity index (χ1) is 45.1. The Kier molecular flexibility index (Phi) is 63.1. The molecule has 0 heterocycles. The minimum Gasteiger partial charge on any atom is -0.462 e. The Balaban J connectivity index is 5.22. The number of unbranched alkanes of at least 4 members (excludes halogenated alkanes) is 38. The lowest BCUT2D eigenvalue weighted by Gasteiger charge is -2.21. The number of esters is 4. The monoisotopic (exact) mass is 1380 g/mol. The third-order valence-corrected chi connectivity index (χ3v) is 19.2. The number of rotatable bonds is 72. The highest BCUT2D eigenvalue weighted by Gasteiger charge is 2.30. The van der Waals surface area contributed by atoms with E-state index in [2.05, 4.69) is 55.4 Å². The van der Waals surface area contributed by atoms with Crippen LogP contribution in [-0.4, -0.2) is 96.7 Å². The fourth-order valence-corrected chi connectivity index (χ4v) is 13.0. The van der Waals surface area contributed by atoms with Crippen molar-refractivity contribution >= 4 is 39.5 Å². The Bertz CT molecular complexity index is 1820. The summed E-state index contributed by atoms with van der Waals surface area (Å²) in [5, 5.41) is 10.6. The summed E-state index contributed by atoms with van der Waals surface area (Å²) >= 11 is 0. The lowest BCUT2D eigenvalue weighted by Crippen LogP contribution is -2.30. The number of carbonyl (C=O) groups excluding carboxylic acids is 4. The lowest BCUT2D eigenvalue weighted by molar-refractivity contribution is -0.161. The Labute approximate surface area is 575 Å². The molecule has 17 nitrogen and oxygen atoms in total. The number of ether oxygens (including phenoxy) is 4. The van der Waals surface area contributed by atoms with Crippen LogP contribution in [0.4, 0.5) is 0 Å². The molecule has 0 rings (SSSR count). The number of hydrogen-bond donors (Lipinski definition) is 3. The Morgan fingerprint density at radius 3 is 0.660 bits per heavy atom. The molecule has 0 saturated heterocycles. The van der Waals surface area contributed by atoms with Crippen molar-refractivity contribution in [2.75, 3.05) is 39.6 Å². The largest absolute Gasteiger partial charge is 0.472 e. The summed E-state index contributed by atoms with van der Waals surface area (Å²) in [6.45, 7) is 14.1. The van der Waals surface area contributed by atoms with Crippen LogP contribution in [0.3, 0.4) is 0 Å². The molecule has 0 aliphatic heterocycles. The molecule has 558 valence electrons. The minimum atomic E-state index is -4.96. The smallest absolute Gasteiger partial charge is 0.462 e. The van der Waals surface area contributed by atoms with Crippen molar-refractivity contribution in [3.05, 3.63) is 0 Å². The molecule has 19 heteroatoms. The van der Waals surface area contributed by atoms with Gasteiger partial charge < -0.3 is 33.8 Å². The second-order valence-corrected chi connectivity index (χ2v) is 31.9. The molecule has 5 atom stereocenters.